The lowest BCUT2D eigenvalue weighted by Crippen LogP contribution is -2.23. The van der Waals surface area contributed by atoms with Crippen LogP contribution in [0.2, 0.25) is 0 Å². The van der Waals surface area contributed by atoms with Gasteiger partial charge in [0.2, 0.25) is 0 Å². The Morgan fingerprint density at radius 3 is 2.69 bits per heavy atom. The van der Waals surface area contributed by atoms with Crippen LogP contribution in [0, 0.1) is 11.8 Å². The van der Waals surface area contributed by atoms with Gasteiger partial charge in [-0.05, 0) is 44.4 Å². The lowest BCUT2D eigenvalue weighted by Gasteiger charge is -2.21. The van der Waals surface area contributed by atoms with E-state index in [1.54, 1.807) is 6.92 Å². The molecule has 2 bridgehead atoms. The normalized spacial score (nSPS) is 31.7. The maximum atomic E-state index is 11.1. The molecule has 0 aromatic carbocycles. The van der Waals surface area contributed by atoms with Gasteiger partial charge in [-0.1, -0.05) is 6.58 Å². The van der Waals surface area contributed by atoms with Gasteiger partial charge in [0.05, 0.1) is 12.7 Å². The molecule has 0 saturated heterocycles. The summed E-state index contributed by atoms with van der Waals surface area (Å²) in [4.78, 5) is 11.1. The largest absolute Gasteiger partial charge is 0.460 e. The van der Waals surface area contributed by atoms with Crippen LogP contribution in [0.25, 0.3) is 0 Å². The number of esters is 1. The molecule has 3 heteroatoms. The zero-order valence-electron chi connectivity index (χ0n) is 9.91. The molecule has 90 valence electrons. The third kappa shape index (κ3) is 2.64. The van der Waals surface area contributed by atoms with Gasteiger partial charge in [0.1, 0.15) is 6.61 Å². The molecule has 0 radical (unpaired) electrons. The summed E-state index contributed by atoms with van der Waals surface area (Å²) in [6.07, 6.45) is 5.67. The minimum absolute atomic E-state index is 0.323. The van der Waals surface area contributed by atoms with Crippen LogP contribution in [0.5, 0.6) is 0 Å². The molecule has 0 spiro atoms. The fourth-order valence-corrected chi connectivity index (χ4v) is 2.85. The summed E-state index contributed by atoms with van der Waals surface area (Å²) in [5, 5.41) is 0. The number of carbonyl (C=O) groups is 1. The summed E-state index contributed by atoms with van der Waals surface area (Å²) in [6, 6.07) is 0. The van der Waals surface area contributed by atoms with Crippen LogP contribution >= 0.6 is 0 Å². The molecule has 0 aromatic heterocycles. The molecule has 2 saturated carbocycles. The van der Waals surface area contributed by atoms with Crippen LogP contribution in [0.15, 0.2) is 12.2 Å². The van der Waals surface area contributed by atoms with E-state index < -0.39 is 0 Å². The summed E-state index contributed by atoms with van der Waals surface area (Å²) in [7, 11) is 0. The van der Waals surface area contributed by atoms with Crippen molar-refractivity contribution in [1.29, 1.82) is 0 Å². The molecule has 3 nitrogen and oxygen atoms in total. The number of fused-ring (bicyclic) bond motifs is 2. The first kappa shape index (κ1) is 11.6. The number of hydrogen-bond donors (Lipinski definition) is 0. The molecule has 0 amide bonds. The van der Waals surface area contributed by atoms with Crippen molar-refractivity contribution in [2.45, 2.75) is 38.7 Å². The minimum atomic E-state index is -0.323. The summed E-state index contributed by atoms with van der Waals surface area (Å²) in [6.45, 7) is 6.05. The molecule has 3 atom stereocenters. The topological polar surface area (TPSA) is 35.5 Å². The predicted octanol–water partition coefficient (Wildman–Crippen LogP) is 2.31. The molecular formula is C13H20O3. The standard InChI is InChI=1S/C13H20O3/c1-9(2)13(14)16-6-5-15-12-8-10-3-4-11(12)7-10/h10-12H,1,3-8H2,2H3. The second-order valence-corrected chi connectivity index (χ2v) is 5.00. The highest BCUT2D eigenvalue weighted by molar-refractivity contribution is 5.86. The first-order valence-corrected chi connectivity index (χ1v) is 6.11. The van der Waals surface area contributed by atoms with Crippen LogP contribution < -0.4 is 0 Å². The Morgan fingerprint density at radius 1 is 1.31 bits per heavy atom. The van der Waals surface area contributed by atoms with Crippen molar-refractivity contribution in [2.75, 3.05) is 13.2 Å². The zero-order chi connectivity index (χ0) is 11.5. The van der Waals surface area contributed by atoms with Gasteiger partial charge < -0.3 is 9.47 Å². The van der Waals surface area contributed by atoms with Gasteiger partial charge in [-0.2, -0.15) is 0 Å². The van der Waals surface area contributed by atoms with Gasteiger partial charge in [-0.3, -0.25) is 0 Å². The maximum absolute atomic E-state index is 11.1. The van der Waals surface area contributed by atoms with Gasteiger partial charge in [0, 0.05) is 5.57 Å². The van der Waals surface area contributed by atoms with Crippen molar-refractivity contribution in [3.63, 3.8) is 0 Å². The van der Waals surface area contributed by atoms with Crippen LogP contribution in [-0.4, -0.2) is 25.3 Å². The second kappa shape index (κ2) is 5.00. The highest BCUT2D eigenvalue weighted by atomic mass is 16.6. The van der Waals surface area contributed by atoms with Gasteiger partial charge >= 0.3 is 5.97 Å². The Kier molecular flexibility index (Phi) is 3.64. The van der Waals surface area contributed by atoms with Crippen LogP contribution in [-0.2, 0) is 14.3 Å². The molecule has 2 aliphatic rings. The van der Waals surface area contributed by atoms with E-state index in [9.17, 15) is 4.79 Å². The highest BCUT2D eigenvalue weighted by Crippen LogP contribution is 2.45. The molecule has 2 rings (SSSR count). The molecule has 2 aliphatic carbocycles. The molecule has 3 unspecified atom stereocenters. The van der Waals surface area contributed by atoms with Crippen molar-refractivity contribution in [2.24, 2.45) is 11.8 Å². The minimum Gasteiger partial charge on any atom is -0.460 e. The molecule has 0 aromatic rings. The van der Waals surface area contributed by atoms with Gasteiger partial charge in [0.15, 0.2) is 0 Å². The SMILES string of the molecule is C=C(C)C(=O)OCCOC1CC2CCC1C2. The molecule has 0 heterocycles. The van der Waals surface area contributed by atoms with E-state index in [1.807, 2.05) is 0 Å². The van der Waals surface area contributed by atoms with Crippen molar-refractivity contribution in [1.82, 2.24) is 0 Å². The first-order valence-electron chi connectivity index (χ1n) is 6.11. The third-order valence-electron chi connectivity index (χ3n) is 3.67. The average Bonchev–Trinajstić information content (AvgIpc) is 2.85. The first-order chi connectivity index (χ1) is 7.66. The Bertz CT molecular complexity index is 285. The second-order valence-electron chi connectivity index (χ2n) is 5.00. The van der Waals surface area contributed by atoms with Gasteiger partial charge in [-0.25, -0.2) is 4.79 Å². The van der Waals surface area contributed by atoms with E-state index in [2.05, 4.69) is 6.58 Å². The number of ether oxygens (including phenoxy) is 2. The summed E-state index contributed by atoms with van der Waals surface area (Å²) >= 11 is 0. The number of hydrogen-bond acceptors (Lipinski definition) is 3. The van der Waals surface area contributed by atoms with E-state index >= 15 is 0 Å². The smallest absolute Gasteiger partial charge is 0.333 e. The lowest BCUT2D eigenvalue weighted by atomic mass is 9.98. The monoisotopic (exact) mass is 224 g/mol. The van der Waals surface area contributed by atoms with Crippen molar-refractivity contribution in [3.05, 3.63) is 12.2 Å². The quantitative estimate of drug-likeness (QED) is 0.408. The van der Waals surface area contributed by atoms with E-state index in [-0.39, 0.29) is 5.97 Å². The van der Waals surface area contributed by atoms with Crippen molar-refractivity contribution in [3.8, 4) is 0 Å². The van der Waals surface area contributed by atoms with E-state index in [4.69, 9.17) is 9.47 Å². The molecule has 0 N–H and O–H groups in total. The number of rotatable bonds is 5. The van der Waals surface area contributed by atoms with E-state index in [0.29, 0.717) is 24.9 Å². The average molecular weight is 224 g/mol. The van der Waals surface area contributed by atoms with Crippen molar-refractivity contribution < 1.29 is 14.3 Å². The van der Waals surface area contributed by atoms with Crippen LogP contribution in [0.4, 0.5) is 0 Å². The van der Waals surface area contributed by atoms with Crippen molar-refractivity contribution >= 4 is 5.97 Å². The zero-order valence-corrected chi connectivity index (χ0v) is 9.91. The van der Waals surface area contributed by atoms with Gasteiger partial charge in [0.25, 0.3) is 0 Å². The maximum Gasteiger partial charge on any atom is 0.333 e. The summed E-state index contributed by atoms with van der Waals surface area (Å²) in [5.41, 5.74) is 0.444. The molecule has 16 heavy (non-hydrogen) atoms. The molecule has 0 aliphatic heterocycles. The Morgan fingerprint density at radius 2 is 2.12 bits per heavy atom. The molecule has 2 fully saturated rings. The number of carbonyl (C=O) groups excluding carboxylic acids is 1. The summed E-state index contributed by atoms with van der Waals surface area (Å²) in [5.74, 6) is 1.34. The fourth-order valence-electron chi connectivity index (χ4n) is 2.85. The highest BCUT2D eigenvalue weighted by Gasteiger charge is 2.39. The summed E-state index contributed by atoms with van der Waals surface area (Å²) < 4.78 is 10.7. The molecular weight excluding hydrogens is 204 g/mol. The van der Waals surface area contributed by atoms with Gasteiger partial charge in [-0.15, -0.1) is 0 Å². The predicted molar refractivity (Wildman–Crippen MR) is 61.0 cm³/mol. The van der Waals surface area contributed by atoms with E-state index in [1.165, 1.54) is 25.7 Å². The lowest BCUT2D eigenvalue weighted by molar-refractivity contribution is -0.141. The third-order valence-corrected chi connectivity index (χ3v) is 3.67. The Labute approximate surface area is 96.8 Å². The Balaban J connectivity index is 1.59. The van der Waals surface area contributed by atoms with Crippen LogP contribution in [0.1, 0.15) is 32.6 Å². The van der Waals surface area contributed by atoms with Crippen LogP contribution in [0.3, 0.4) is 0 Å². The Hall–Kier alpha value is -0.830. The van der Waals surface area contributed by atoms with E-state index in [0.717, 1.165) is 11.8 Å². The fraction of sp³-hybridized carbons (Fsp3) is 0.769.